The number of benzene rings is 2. The molecule has 0 aromatic heterocycles. The van der Waals surface area contributed by atoms with E-state index in [2.05, 4.69) is 10.6 Å². The van der Waals surface area contributed by atoms with Gasteiger partial charge in [0.2, 0.25) is 0 Å². The Labute approximate surface area is 175 Å². The second kappa shape index (κ2) is 10.5. The third kappa shape index (κ3) is 6.38. The Kier molecular flexibility index (Phi) is 8.05. The summed E-state index contributed by atoms with van der Waals surface area (Å²) >= 11 is 0. The molecule has 0 aliphatic rings. The van der Waals surface area contributed by atoms with E-state index in [1.54, 1.807) is 18.2 Å². The summed E-state index contributed by atoms with van der Waals surface area (Å²) in [5.41, 5.74) is 0.696. The highest BCUT2D eigenvalue weighted by atomic mass is 32.2. The van der Waals surface area contributed by atoms with E-state index in [1.165, 1.54) is 38.5 Å². The van der Waals surface area contributed by atoms with Crippen molar-refractivity contribution in [1.82, 2.24) is 10.0 Å². The van der Waals surface area contributed by atoms with Crippen molar-refractivity contribution in [3.8, 4) is 11.5 Å². The van der Waals surface area contributed by atoms with Gasteiger partial charge in [0, 0.05) is 23.9 Å². The van der Waals surface area contributed by atoms with Crippen LogP contribution in [0.4, 0.5) is 10.5 Å². The fourth-order valence-corrected chi connectivity index (χ4v) is 3.38. The van der Waals surface area contributed by atoms with E-state index in [0.717, 1.165) is 12.8 Å². The fourth-order valence-electron chi connectivity index (χ4n) is 2.45. The molecule has 0 fully saturated rings. The molecule has 0 bridgehead atoms. The molecule has 0 radical (unpaired) electrons. The molecular weight excluding hydrogens is 410 g/mol. The number of nitrogens with one attached hydrogen (secondary N) is 3. The number of ether oxygens (including phenoxy) is 2. The van der Waals surface area contributed by atoms with Gasteiger partial charge >= 0.3 is 6.03 Å². The van der Waals surface area contributed by atoms with Gasteiger partial charge in [0.25, 0.3) is 15.9 Å². The molecule has 0 saturated carbocycles. The quantitative estimate of drug-likeness (QED) is 0.521. The minimum Gasteiger partial charge on any atom is -0.497 e. The Hall–Kier alpha value is -3.27. The molecule has 30 heavy (non-hydrogen) atoms. The molecule has 162 valence electrons. The lowest BCUT2D eigenvalue weighted by Gasteiger charge is -2.11. The first-order valence-electron chi connectivity index (χ1n) is 9.24. The third-order valence-corrected chi connectivity index (χ3v) is 5.43. The predicted molar refractivity (Wildman–Crippen MR) is 113 cm³/mol. The summed E-state index contributed by atoms with van der Waals surface area (Å²) in [4.78, 5) is 24.1. The zero-order valence-electron chi connectivity index (χ0n) is 17.0. The molecule has 0 heterocycles. The number of rotatable bonds is 9. The summed E-state index contributed by atoms with van der Waals surface area (Å²) in [7, 11) is -1.06. The first kappa shape index (κ1) is 23.0. The number of carbonyl (C=O) groups excluding carboxylic acids is 2. The van der Waals surface area contributed by atoms with E-state index in [9.17, 15) is 18.0 Å². The molecule has 0 spiro atoms. The van der Waals surface area contributed by atoms with E-state index < -0.39 is 22.0 Å². The Morgan fingerprint density at radius 1 is 0.967 bits per heavy atom. The van der Waals surface area contributed by atoms with Crippen LogP contribution in [0.1, 0.15) is 30.1 Å². The number of sulfonamides is 1. The predicted octanol–water partition coefficient (Wildman–Crippen LogP) is 2.74. The molecule has 0 aliphatic carbocycles. The summed E-state index contributed by atoms with van der Waals surface area (Å²) < 4.78 is 36.8. The smallest absolute Gasteiger partial charge is 0.328 e. The Bertz CT molecular complexity index is 968. The molecule has 3 N–H and O–H groups in total. The van der Waals surface area contributed by atoms with Gasteiger partial charge in [0.05, 0.1) is 19.1 Å². The van der Waals surface area contributed by atoms with Gasteiger partial charge in [-0.2, -0.15) is 0 Å². The van der Waals surface area contributed by atoms with Crippen molar-refractivity contribution in [1.29, 1.82) is 0 Å². The van der Waals surface area contributed by atoms with Crippen LogP contribution in [0.3, 0.4) is 0 Å². The van der Waals surface area contributed by atoms with Crippen molar-refractivity contribution in [3.63, 3.8) is 0 Å². The number of amides is 3. The summed E-state index contributed by atoms with van der Waals surface area (Å²) in [5, 5.41) is 5.15. The highest BCUT2D eigenvalue weighted by molar-refractivity contribution is 7.90. The first-order chi connectivity index (χ1) is 14.3. The van der Waals surface area contributed by atoms with Crippen LogP contribution < -0.4 is 24.8 Å². The maximum absolute atomic E-state index is 12.5. The van der Waals surface area contributed by atoms with Gasteiger partial charge in [-0.05, 0) is 42.8 Å². The summed E-state index contributed by atoms with van der Waals surface area (Å²) in [6.45, 7) is 2.35. The number of methoxy groups -OCH3 is 2. The van der Waals surface area contributed by atoms with Gasteiger partial charge in [-0.15, -0.1) is 0 Å². The average molecular weight is 436 g/mol. The van der Waals surface area contributed by atoms with Gasteiger partial charge in [-0.3, -0.25) is 4.79 Å². The van der Waals surface area contributed by atoms with Crippen LogP contribution in [0.25, 0.3) is 0 Å². The molecule has 0 aliphatic heterocycles. The second-order valence-electron chi connectivity index (χ2n) is 6.29. The standard InChI is InChI=1S/C20H25N3O6S/c1-4-5-10-21-20(25)23-30(26,27)18-8-6-15(7-9-18)22-19(24)14-11-16(28-2)13-17(12-14)29-3/h6-9,11-13H,4-5,10H2,1-3H3,(H,22,24)(H2,21,23,25). The molecule has 0 saturated heterocycles. The molecule has 0 atom stereocenters. The molecular formula is C20H25N3O6S. The number of carbonyl (C=O) groups is 2. The molecule has 9 nitrogen and oxygen atoms in total. The number of hydrogen-bond donors (Lipinski definition) is 3. The van der Waals surface area contributed by atoms with Crippen LogP contribution in [0.15, 0.2) is 47.4 Å². The molecule has 10 heteroatoms. The van der Waals surface area contributed by atoms with E-state index in [-0.39, 0.29) is 4.90 Å². The minimum atomic E-state index is -4.02. The van der Waals surface area contributed by atoms with Crippen molar-refractivity contribution in [2.75, 3.05) is 26.1 Å². The normalized spacial score (nSPS) is 10.8. The van der Waals surface area contributed by atoms with Crippen LogP contribution in [0, 0.1) is 0 Å². The van der Waals surface area contributed by atoms with Crippen molar-refractivity contribution in [3.05, 3.63) is 48.0 Å². The monoisotopic (exact) mass is 435 g/mol. The number of anilines is 1. The van der Waals surface area contributed by atoms with E-state index in [0.29, 0.717) is 29.3 Å². The van der Waals surface area contributed by atoms with Crippen LogP contribution >= 0.6 is 0 Å². The topological polar surface area (TPSA) is 123 Å². The van der Waals surface area contributed by atoms with Crippen molar-refractivity contribution in [2.45, 2.75) is 24.7 Å². The Morgan fingerprint density at radius 2 is 1.57 bits per heavy atom. The zero-order valence-corrected chi connectivity index (χ0v) is 17.8. The van der Waals surface area contributed by atoms with Crippen molar-refractivity contribution >= 4 is 27.6 Å². The zero-order chi connectivity index (χ0) is 22.1. The van der Waals surface area contributed by atoms with Crippen LogP contribution in [0.5, 0.6) is 11.5 Å². The average Bonchev–Trinajstić information content (AvgIpc) is 2.73. The van der Waals surface area contributed by atoms with Gasteiger partial charge in [0.1, 0.15) is 11.5 Å². The summed E-state index contributed by atoms with van der Waals surface area (Å²) in [6.07, 6.45) is 1.63. The van der Waals surface area contributed by atoms with Crippen LogP contribution in [-0.2, 0) is 10.0 Å². The summed E-state index contributed by atoms with van der Waals surface area (Å²) in [6, 6.07) is 9.41. The first-order valence-corrected chi connectivity index (χ1v) is 10.7. The lowest BCUT2D eigenvalue weighted by atomic mass is 10.2. The van der Waals surface area contributed by atoms with Gasteiger partial charge < -0.3 is 20.1 Å². The second-order valence-corrected chi connectivity index (χ2v) is 7.98. The highest BCUT2D eigenvalue weighted by Gasteiger charge is 2.17. The van der Waals surface area contributed by atoms with Crippen molar-refractivity contribution in [2.24, 2.45) is 0 Å². The van der Waals surface area contributed by atoms with E-state index >= 15 is 0 Å². The maximum Gasteiger partial charge on any atom is 0.328 e. The SMILES string of the molecule is CCCCNC(=O)NS(=O)(=O)c1ccc(NC(=O)c2cc(OC)cc(OC)c2)cc1. The molecule has 0 unspecified atom stereocenters. The van der Waals surface area contributed by atoms with Gasteiger partial charge in [0.15, 0.2) is 0 Å². The molecule has 2 aromatic rings. The van der Waals surface area contributed by atoms with E-state index in [1.807, 2.05) is 11.6 Å². The van der Waals surface area contributed by atoms with Crippen molar-refractivity contribution < 1.29 is 27.5 Å². The molecule has 2 rings (SSSR count). The van der Waals surface area contributed by atoms with E-state index in [4.69, 9.17) is 9.47 Å². The number of urea groups is 1. The lowest BCUT2D eigenvalue weighted by Crippen LogP contribution is -2.39. The number of hydrogen-bond acceptors (Lipinski definition) is 6. The van der Waals surface area contributed by atoms with Gasteiger partial charge in [-0.1, -0.05) is 13.3 Å². The van der Waals surface area contributed by atoms with Gasteiger partial charge in [-0.25, -0.2) is 17.9 Å². The Morgan fingerprint density at radius 3 is 2.10 bits per heavy atom. The van der Waals surface area contributed by atoms with Crippen LogP contribution in [0.2, 0.25) is 0 Å². The summed E-state index contributed by atoms with van der Waals surface area (Å²) in [5.74, 6) is 0.504. The Balaban J connectivity index is 2.07. The lowest BCUT2D eigenvalue weighted by molar-refractivity contribution is 0.102. The highest BCUT2D eigenvalue weighted by Crippen LogP contribution is 2.23. The maximum atomic E-state index is 12.5. The largest absolute Gasteiger partial charge is 0.497 e. The number of unbranched alkanes of at least 4 members (excludes halogenated alkanes) is 1. The molecule has 3 amide bonds. The molecule has 2 aromatic carbocycles. The van der Waals surface area contributed by atoms with Crippen LogP contribution in [-0.4, -0.2) is 41.1 Å². The third-order valence-electron chi connectivity index (χ3n) is 4.08. The minimum absolute atomic E-state index is 0.103. The fraction of sp³-hybridized carbons (Fsp3) is 0.300.